The van der Waals surface area contributed by atoms with E-state index in [4.69, 9.17) is 13.9 Å². The van der Waals surface area contributed by atoms with Gasteiger partial charge in [0.1, 0.15) is 11.3 Å². The van der Waals surface area contributed by atoms with E-state index in [1.165, 1.54) is 33.1 Å². The van der Waals surface area contributed by atoms with Gasteiger partial charge in [0, 0.05) is 29.6 Å². The smallest absolute Gasteiger partial charge is 0.360 e. The molecule has 0 atom stereocenters. The summed E-state index contributed by atoms with van der Waals surface area (Å²) in [5, 5.41) is 5.54. The number of rotatable bonds is 7. The Kier molecular flexibility index (Phi) is 6.35. The fraction of sp³-hybridized carbons (Fsp3) is 0.182. The molecule has 9 nitrogen and oxygen atoms in total. The zero-order chi connectivity index (χ0) is 22.5. The van der Waals surface area contributed by atoms with Crippen LogP contribution >= 0.6 is 0 Å². The van der Waals surface area contributed by atoms with E-state index in [0.717, 1.165) is 0 Å². The minimum atomic E-state index is -0.720. The van der Waals surface area contributed by atoms with Crippen molar-refractivity contribution in [3.05, 3.63) is 58.4 Å². The van der Waals surface area contributed by atoms with Gasteiger partial charge < -0.3 is 24.5 Å². The highest BCUT2D eigenvalue weighted by molar-refractivity contribution is 5.97. The molecule has 1 aromatic heterocycles. The quantitative estimate of drug-likeness (QED) is 0.441. The third kappa shape index (κ3) is 5.27. The van der Waals surface area contributed by atoms with Gasteiger partial charge in [-0.3, -0.25) is 14.4 Å². The zero-order valence-electron chi connectivity index (χ0n) is 17.1. The number of carbonyl (C=O) groups is 3. The molecule has 160 valence electrons. The monoisotopic (exact) mass is 424 g/mol. The van der Waals surface area contributed by atoms with Gasteiger partial charge in [-0.05, 0) is 31.2 Å². The van der Waals surface area contributed by atoms with E-state index in [2.05, 4.69) is 10.6 Å². The van der Waals surface area contributed by atoms with E-state index >= 15 is 0 Å². The highest BCUT2D eigenvalue weighted by Gasteiger charge is 2.14. The number of amides is 2. The van der Waals surface area contributed by atoms with Crippen molar-refractivity contribution in [1.82, 2.24) is 0 Å². The Labute approximate surface area is 177 Å². The molecule has 31 heavy (non-hydrogen) atoms. The summed E-state index contributed by atoms with van der Waals surface area (Å²) in [5.41, 5.74) is 0.418. The molecule has 2 N–H and O–H groups in total. The first-order valence-corrected chi connectivity index (χ1v) is 9.24. The Balaban J connectivity index is 1.78. The Morgan fingerprint density at radius 3 is 2.45 bits per heavy atom. The Morgan fingerprint density at radius 1 is 1.00 bits per heavy atom. The summed E-state index contributed by atoms with van der Waals surface area (Å²) in [4.78, 5) is 47.0. The second-order valence-electron chi connectivity index (χ2n) is 6.64. The Hall–Kier alpha value is -4.14. The van der Waals surface area contributed by atoms with E-state index in [1.54, 1.807) is 30.3 Å². The number of carbonyl (C=O) groups excluding carboxylic acids is 3. The van der Waals surface area contributed by atoms with Crippen molar-refractivity contribution >= 4 is 39.9 Å². The number of fused-ring (bicyclic) bond motifs is 1. The van der Waals surface area contributed by atoms with Crippen LogP contribution in [0.5, 0.6) is 11.5 Å². The molecule has 0 bridgehead atoms. The number of hydrogen-bond acceptors (Lipinski definition) is 7. The number of anilines is 2. The summed E-state index contributed by atoms with van der Waals surface area (Å²) >= 11 is 0. The maximum absolute atomic E-state index is 12.3. The van der Waals surface area contributed by atoms with Gasteiger partial charge in [0.15, 0.2) is 23.9 Å². The third-order valence-corrected chi connectivity index (χ3v) is 4.24. The number of nitrogens with one attached hydrogen (secondary N) is 2. The first-order chi connectivity index (χ1) is 14.8. The zero-order valence-corrected chi connectivity index (χ0v) is 17.1. The van der Waals surface area contributed by atoms with Crippen LogP contribution in [0.4, 0.5) is 11.4 Å². The van der Waals surface area contributed by atoms with Crippen LogP contribution in [0.3, 0.4) is 0 Å². The van der Waals surface area contributed by atoms with Gasteiger partial charge >= 0.3 is 5.63 Å². The molecule has 0 fully saturated rings. The number of benzene rings is 2. The molecule has 0 radical (unpaired) electrons. The lowest BCUT2D eigenvalue weighted by Gasteiger charge is -2.12. The first-order valence-electron chi connectivity index (χ1n) is 9.24. The molecule has 0 saturated carbocycles. The third-order valence-electron chi connectivity index (χ3n) is 4.24. The van der Waals surface area contributed by atoms with Gasteiger partial charge in [0.05, 0.1) is 7.11 Å². The average Bonchev–Trinajstić information content (AvgIpc) is 2.72. The van der Waals surface area contributed by atoms with Gasteiger partial charge in [0.2, 0.25) is 5.91 Å². The number of Topliss-reactive ketones (excluding diaryl/α,β-unsaturated/α-hetero) is 1. The molecule has 3 aromatic rings. The molecule has 2 amide bonds. The normalized spacial score (nSPS) is 10.4. The second-order valence-corrected chi connectivity index (χ2v) is 6.64. The minimum Gasteiger partial charge on any atom is -0.493 e. The topological polar surface area (TPSA) is 124 Å². The lowest BCUT2D eigenvalue weighted by Crippen LogP contribution is -2.20. The maximum Gasteiger partial charge on any atom is 0.360 e. The molecule has 0 unspecified atom stereocenters. The predicted molar refractivity (Wildman–Crippen MR) is 114 cm³/mol. The van der Waals surface area contributed by atoms with Crippen LogP contribution in [-0.4, -0.2) is 31.3 Å². The summed E-state index contributed by atoms with van der Waals surface area (Å²) in [6.45, 7) is 2.37. The highest BCUT2D eigenvalue weighted by Crippen LogP contribution is 2.32. The van der Waals surface area contributed by atoms with E-state index < -0.39 is 17.4 Å². The van der Waals surface area contributed by atoms with E-state index in [9.17, 15) is 19.2 Å². The number of ether oxygens (including phenoxy) is 2. The molecule has 0 aliphatic carbocycles. The van der Waals surface area contributed by atoms with Gasteiger partial charge in [-0.1, -0.05) is 12.1 Å². The van der Waals surface area contributed by atoms with E-state index in [1.807, 2.05) is 0 Å². The van der Waals surface area contributed by atoms with Crippen LogP contribution in [0.2, 0.25) is 0 Å². The second kappa shape index (κ2) is 9.12. The number of hydrogen-bond donors (Lipinski definition) is 2. The molecule has 3 rings (SSSR count). The first kappa shape index (κ1) is 21.6. The largest absolute Gasteiger partial charge is 0.493 e. The molecule has 0 saturated heterocycles. The van der Waals surface area contributed by atoms with Gasteiger partial charge in [-0.15, -0.1) is 0 Å². The lowest BCUT2D eigenvalue weighted by molar-refractivity contribution is -0.118. The minimum absolute atomic E-state index is 0.00268. The molecular weight excluding hydrogens is 404 g/mol. The molecule has 1 heterocycles. The van der Waals surface area contributed by atoms with Crippen molar-refractivity contribution in [3.8, 4) is 11.5 Å². The van der Waals surface area contributed by atoms with Crippen LogP contribution in [0, 0.1) is 0 Å². The summed E-state index contributed by atoms with van der Waals surface area (Å²) in [5.74, 6) is -0.473. The van der Waals surface area contributed by atoms with Gasteiger partial charge in [-0.25, -0.2) is 4.79 Å². The summed E-state index contributed by atoms with van der Waals surface area (Å²) in [6, 6.07) is 11.0. The number of ketones is 1. The van der Waals surface area contributed by atoms with Crippen molar-refractivity contribution < 1.29 is 28.3 Å². The van der Waals surface area contributed by atoms with Crippen LogP contribution < -0.4 is 25.7 Å². The Morgan fingerprint density at radius 2 is 1.77 bits per heavy atom. The lowest BCUT2D eigenvalue weighted by atomic mass is 10.1. The van der Waals surface area contributed by atoms with Gasteiger partial charge in [-0.2, -0.15) is 0 Å². The molecule has 9 heteroatoms. The standard InChI is InChI=1S/C22H20N2O7/c1-12(25)14-5-4-6-16(7-14)24-21(27)11-30-20-10-18-15(9-19(20)29-3)8-17(22(28)31-18)23-13(2)26/h4-10H,11H2,1-3H3,(H,23,26)(H,24,27). The van der Waals surface area contributed by atoms with Gasteiger partial charge in [0.25, 0.3) is 5.91 Å². The molecule has 0 aliphatic rings. The SMILES string of the molecule is COc1cc2cc(NC(C)=O)c(=O)oc2cc1OCC(=O)Nc1cccc(C(C)=O)c1. The van der Waals surface area contributed by atoms with Crippen LogP contribution in [0.15, 0.2) is 51.7 Å². The summed E-state index contributed by atoms with van der Waals surface area (Å²) in [7, 11) is 1.43. The molecule has 2 aromatic carbocycles. The van der Waals surface area contributed by atoms with E-state index in [-0.39, 0.29) is 29.4 Å². The van der Waals surface area contributed by atoms with Crippen molar-refractivity contribution in [2.45, 2.75) is 13.8 Å². The van der Waals surface area contributed by atoms with Crippen molar-refractivity contribution in [2.24, 2.45) is 0 Å². The van der Waals surface area contributed by atoms with Crippen molar-refractivity contribution in [2.75, 3.05) is 24.4 Å². The summed E-state index contributed by atoms with van der Waals surface area (Å²) < 4.78 is 16.1. The predicted octanol–water partition coefficient (Wildman–Crippen LogP) is 2.98. The van der Waals surface area contributed by atoms with Crippen LogP contribution in [-0.2, 0) is 9.59 Å². The fourth-order valence-corrected chi connectivity index (χ4v) is 2.83. The Bertz CT molecular complexity index is 1230. The van der Waals surface area contributed by atoms with E-state index in [0.29, 0.717) is 22.4 Å². The van der Waals surface area contributed by atoms with Crippen molar-refractivity contribution in [1.29, 1.82) is 0 Å². The molecule has 0 aliphatic heterocycles. The summed E-state index contributed by atoms with van der Waals surface area (Å²) in [6.07, 6.45) is 0. The average molecular weight is 424 g/mol. The molecule has 0 spiro atoms. The van der Waals surface area contributed by atoms with Crippen LogP contribution in [0.1, 0.15) is 24.2 Å². The maximum atomic E-state index is 12.3. The van der Waals surface area contributed by atoms with Crippen molar-refractivity contribution in [3.63, 3.8) is 0 Å². The fourth-order valence-electron chi connectivity index (χ4n) is 2.83. The molecular formula is C22H20N2O7. The number of methoxy groups -OCH3 is 1. The van der Waals surface area contributed by atoms with Crippen LogP contribution in [0.25, 0.3) is 11.0 Å². The highest BCUT2D eigenvalue weighted by atomic mass is 16.5.